The topological polar surface area (TPSA) is 132 Å². The summed E-state index contributed by atoms with van der Waals surface area (Å²) >= 11 is 0. The molecule has 0 aliphatic rings. The zero-order valence-corrected chi connectivity index (χ0v) is 57.3. The normalized spacial score (nSPS) is 11.1. The first-order valence-corrected chi connectivity index (χ1v) is 36.0. The van der Waals surface area contributed by atoms with Crippen molar-refractivity contribution in [1.82, 2.24) is 0 Å². The third kappa shape index (κ3) is 26.7. The zero-order chi connectivity index (χ0) is 68.0. The lowest BCUT2D eigenvalue weighted by Gasteiger charge is -2.12. The first kappa shape index (κ1) is 75.1. The number of methoxy groups -OCH3 is 1. The summed E-state index contributed by atoms with van der Waals surface area (Å²) in [5.41, 5.74) is 5.58. The molecule has 7 rings (SSSR count). The Labute approximate surface area is 570 Å². The van der Waals surface area contributed by atoms with Crippen molar-refractivity contribution < 1.29 is 56.4 Å². The first-order chi connectivity index (χ1) is 46.9. The number of halogens is 2. The average Bonchev–Trinajstić information content (AvgIpc) is 0.865. The number of aryl methyl sites for hydroxylation is 2. The van der Waals surface area contributed by atoms with Gasteiger partial charge in [-0.3, -0.25) is 0 Å². The minimum absolute atomic E-state index is 0.171. The molecule has 10 nitrogen and oxygen atoms in total. The monoisotopic (exact) mass is 1310 g/mol. The summed E-state index contributed by atoms with van der Waals surface area (Å²) in [5, 5.41) is 0. The van der Waals surface area contributed by atoms with Gasteiger partial charge in [-0.15, -0.1) is 0 Å². The van der Waals surface area contributed by atoms with Gasteiger partial charge in [-0.25, -0.2) is 32.8 Å². The van der Waals surface area contributed by atoms with Gasteiger partial charge >= 0.3 is 29.8 Å². The molecule has 0 saturated heterocycles. The first-order valence-electron chi connectivity index (χ1n) is 36.0. The van der Waals surface area contributed by atoms with Crippen LogP contribution in [0.3, 0.4) is 0 Å². The van der Waals surface area contributed by atoms with E-state index in [1.807, 2.05) is 24.3 Å². The maximum Gasteiger partial charge on any atom is 0.346 e. The van der Waals surface area contributed by atoms with Crippen LogP contribution < -0.4 is 18.9 Å². The van der Waals surface area contributed by atoms with Crippen LogP contribution in [0.5, 0.6) is 23.0 Å². The second kappa shape index (κ2) is 43.0. The van der Waals surface area contributed by atoms with Crippen molar-refractivity contribution in [2.75, 3.05) is 7.11 Å². The van der Waals surface area contributed by atoms with Gasteiger partial charge in [-0.2, -0.15) is 0 Å². The number of esters is 5. The quantitative estimate of drug-likeness (QED) is 0.0206. The molecular formula is C84H102F2O10. The third-order valence-corrected chi connectivity index (χ3v) is 17.9. The molecule has 0 aliphatic carbocycles. The van der Waals surface area contributed by atoms with Gasteiger partial charge in [0, 0.05) is 18.2 Å². The SMILES string of the molecule is CCCCCCCCCCCCCCCCCCc1ccc(-c2ccc(C(=O)Oc3ccc(C(=O)Oc4cc(OC(=O)c5ccc(OC(=O)c6ccc(-c7ccc(CCCCCCCCCCCCCCCCCC)cc7)cc6)cc5F)cc(C(=O)OC)c4)c(F)c3)cc2)cc1. The molecule has 7 aromatic rings. The molecule has 512 valence electrons. The van der Waals surface area contributed by atoms with E-state index in [9.17, 15) is 24.0 Å². The largest absolute Gasteiger partial charge is 0.465 e. The standard InChI is InChI=1S/C84H102F2O10/c1-4-6-8-10-12-14-16-18-20-22-24-26-28-30-32-34-36-63-38-42-65(43-39-63)67-46-50-69(51-47-67)81(88)93-72-54-56-76(78(85)61-72)83(90)95-74-58-71(80(87)92-3)59-75(60-74)96-84(91)77-57-55-73(62-79(77)86)94-82(89)70-52-48-68(49-53-70)66-44-40-64(41-45-66)37-35-33-31-29-27-25-23-21-19-17-15-13-11-9-7-5-2/h38-62H,4-37H2,1-3H3. The second-order valence-corrected chi connectivity index (χ2v) is 25.7. The Balaban J connectivity index is 0.806. The second-order valence-electron chi connectivity index (χ2n) is 25.7. The summed E-state index contributed by atoms with van der Waals surface area (Å²) in [4.78, 5) is 65.8. The van der Waals surface area contributed by atoms with E-state index in [1.165, 1.54) is 229 Å². The van der Waals surface area contributed by atoms with Crippen molar-refractivity contribution in [3.63, 3.8) is 0 Å². The Morgan fingerprint density at radius 1 is 0.271 bits per heavy atom. The minimum atomic E-state index is -1.21. The minimum Gasteiger partial charge on any atom is -0.465 e. The number of hydrogen-bond donors (Lipinski definition) is 0. The fourth-order valence-corrected chi connectivity index (χ4v) is 12.1. The molecule has 0 atom stereocenters. The van der Waals surface area contributed by atoms with Crippen LogP contribution in [0.15, 0.2) is 152 Å². The lowest BCUT2D eigenvalue weighted by molar-refractivity contribution is 0.0593. The van der Waals surface area contributed by atoms with E-state index in [-0.39, 0.29) is 39.7 Å². The van der Waals surface area contributed by atoms with Gasteiger partial charge in [-0.05, 0) is 120 Å². The van der Waals surface area contributed by atoms with E-state index in [2.05, 4.69) is 62.4 Å². The fourth-order valence-electron chi connectivity index (χ4n) is 12.1. The zero-order valence-electron chi connectivity index (χ0n) is 57.3. The van der Waals surface area contributed by atoms with E-state index in [4.69, 9.17) is 23.7 Å². The molecule has 0 aliphatic heterocycles. The predicted octanol–water partition coefficient (Wildman–Crippen LogP) is 23.6. The Morgan fingerprint density at radius 3 is 0.823 bits per heavy atom. The van der Waals surface area contributed by atoms with E-state index >= 15 is 8.78 Å². The highest BCUT2D eigenvalue weighted by atomic mass is 19.1. The molecule has 96 heavy (non-hydrogen) atoms. The fraction of sp³-hybridized carbons (Fsp3) is 0.440. The molecule has 0 aromatic heterocycles. The van der Waals surface area contributed by atoms with Gasteiger partial charge in [0.25, 0.3) is 0 Å². The number of unbranched alkanes of at least 4 members (excludes halogenated alkanes) is 30. The van der Waals surface area contributed by atoms with Gasteiger partial charge in [0.15, 0.2) is 0 Å². The molecule has 0 N–H and O–H groups in total. The number of rotatable bonds is 45. The third-order valence-electron chi connectivity index (χ3n) is 17.9. The van der Waals surface area contributed by atoms with Crippen molar-refractivity contribution >= 4 is 29.8 Å². The van der Waals surface area contributed by atoms with E-state index in [0.717, 1.165) is 84.7 Å². The highest BCUT2D eigenvalue weighted by Crippen LogP contribution is 2.30. The smallest absolute Gasteiger partial charge is 0.346 e. The van der Waals surface area contributed by atoms with Gasteiger partial charge in [0.05, 0.1) is 34.9 Å². The lowest BCUT2D eigenvalue weighted by atomic mass is 10.00. The molecule has 7 aromatic carbocycles. The van der Waals surface area contributed by atoms with E-state index in [0.29, 0.717) is 0 Å². The molecule has 0 spiro atoms. The van der Waals surface area contributed by atoms with Crippen LogP contribution in [-0.2, 0) is 17.6 Å². The van der Waals surface area contributed by atoms with Gasteiger partial charge in [-0.1, -0.05) is 279 Å². The summed E-state index contributed by atoms with van der Waals surface area (Å²) in [7, 11) is 1.10. The Bertz CT molecular complexity index is 3250. The summed E-state index contributed by atoms with van der Waals surface area (Å²) in [6.45, 7) is 4.54. The summed E-state index contributed by atoms with van der Waals surface area (Å²) < 4.78 is 57.7. The van der Waals surface area contributed by atoms with Crippen molar-refractivity contribution in [3.05, 3.63) is 202 Å². The maximum absolute atomic E-state index is 15.6. The summed E-state index contributed by atoms with van der Waals surface area (Å²) in [5.74, 6) is -8.00. The van der Waals surface area contributed by atoms with Crippen molar-refractivity contribution in [3.8, 4) is 45.3 Å². The van der Waals surface area contributed by atoms with E-state index in [1.54, 1.807) is 24.3 Å². The summed E-state index contributed by atoms with van der Waals surface area (Å²) in [6.07, 6.45) is 45.1. The van der Waals surface area contributed by atoms with E-state index < -0.39 is 52.6 Å². The number of carbonyl (C=O) groups is 5. The Hall–Kier alpha value is -8.25. The van der Waals surface area contributed by atoms with Crippen LogP contribution >= 0.6 is 0 Å². The van der Waals surface area contributed by atoms with Crippen molar-refractivity contribution in [2.24, 2.45) is 0 Å². The molecule has 0 radical (unpaired) electrons. The molecular weight excluding hydrogens is 1210 g/mol. The number of ether oxygens (including phenoxy) is 5. The Morgan fingerprint density at radius 2 is 0.542 bits per heavy atom. The highest BCUT2D eigenvalue weighted by molar-refractivity contribution is 5.96. The molecule has 0 fully saturated rings. The molecule has 0 amide bonds. The Kier molecular flexibility index (Phi) is 33.7. The van der Waals surface area contributed by atoms with Crippen LogP contribution in [0.1, 0.15) is 282 Å². The summed E-state index contributed by atoms with van der Waals surface area (Å²) in [6, 6.07) is 40.3. The lowest BCUT2D eigenvalue weighted by Crippen LogP contribution is -2.14. The van der Waals surface area contributed by atoms with Gasteiger partial charge < -0.3 is 23.7 Å². The molecule has 0 bridgehead atoms. The average molecular weight is 1310 g/mol. The van der Waals surface area contributed by atoms with Crippen LogP contribution in [0, 0.1) is 11.6 Å². The van der Waals surface area contributed by atoms with Crippen LogP contribution in [0.2, 0.25) is 0 Å². The van der Waals surface area contributed by atoms with Gasteiger partial charge in [0.2, 0.25) is 0 Å². The number of benzene rings is 7. The number of hydrogen-bond acceptors (Lipinski definition) is 10. The van der Waals surface area contributed by atoms with Crippen LogP contribution in [-0.4, -0.2) is 37.0 Å². The molecule has 0 heterocycles. The maximum atomic E-state index is 15.6. The molecule has 0 saturated carbocycles. The van der Waals surface area contributed by atoms with Crippen molar-refractivity contribution in [1.29, 1.82) is 0 Å². The predicted molar refractivity (Wildman–Crippen MR) is 381 cm³/mol. The highest BCUT2D eigenvalue weighted by Gasteiger charge is 2.22. The molecule has 0 unspecified atom stereocenters. The van der Waals surface area contributed by atoms with Crippen molar-refractivity contribution in [2.45, 2.75) is 232 Å². The van der Waals surface area contributed by atoms with Gasteiger partial charge in [0.1, 0.15) is 34.6 Å². The molecule has 12 heteroatoms. The number of carbonyl (C=O) groups excluding carboxylic acids is 5. The van der Waals surface area contributed by atoms with Crippen LogP contribution in [0.25, 0.3) is 22.3 Å². The van der Waals surface area contributed by atoms with Crippen LogP contribution in [0.4, 0.5) is 8.78 Å².